The molecule has 0 aromatic heterocycles. The van der Waals surface area contributed by atoms with Crippen LogP contribution in [0.5, 0.6) is 0 Å². The Balaban J connectivity index is 3.93. The van der Waals surface area contributed by atoms with Gasteiger partial charge < -0.3 is 5.11 Å². The van der Waals surface area contributed by atoms with Crippen LogP contribution < -0.4 is 9.86 Å². The highest BCUT2D eigenvalue weighted by Gasteiger charge is 2.12. The zero-order valence-electron chi connectivity index (χ0n) is 8.42. The van der Waals surface area contributed by atoms with E-state index in [1.807, 2.05) is 4.72 Å². The number of aliphatic carboxylic acids is 1. The van der Waals surface area contributed by atoms with Crippen LogP contribution in [0, 0.1) is 0 Å². The van der Waals surface area contributed by atoms with Crippen LogP contribution in [0.4, 0.5) is 0 Å². The maximum absolute atomic E-state index is 11.2. The minimum absolute atomic E-state index is 0.0277. The van der Waals surface area contributed by atoms with Gasteiger partial charge in [-0.3, -0.25) is 4.79 Å². The minimum Gasteiger partial charge on any atom is -0.481 e. The Morgan fingerprint density at radius 2 is 1.75 bits per heavy atom. The van der Waals surface area contributed by atoms with Gasteiger partial charge in [-0.15, -0.1) is 0 Å². The van der Waals surface area contributed by atoms with Gasteiger partial charge in [0.2, 0.25) is 20.0 Å². The summed E-state index contributed by atoms with van der Waals surface area (Å²) < 4.78 is 45.3. The lowest BCUT2D eigenvalue weighted by Gasteiger charge is -2.04. The van der Waals surface area contributed by atoms with Gasteiger partial charge >= 0.3 is 5.97 Å². The Morgan fingerprint density at radius 1 is 1.19 bits per heavy atom. The topological polar surface area (TPSA) is 144 Å². The maximum Gasteiger partial charge on any atom is 0.303 e. The molecule has 0 aliphatic carbocycles. The average Bonchev–Trinajstić information content (AvgIpc) is 1.99. The largest absolute Gasteiger partial charge is 0.481 e. The number of carbonyl (C=O) groups is 1. The molecule has 0 unspecified atom stereocenters. The lowest BCUT2D eigenvalue weighted by Crippen LogP contribution is -2.33. The fourth-order valence-corrected chi connectivity index (χ4v) is 2.42. The molecule has 10 heteroatoms. The summed E-state index contributed by atoms with van der Waals surface area (Å²) in [5, 5.41) is 12.9. The Bertz CT molecular complexity index is 426. The van der Waals surface area contributed by atoms with Gasteiger partial charge in [-0.05, 0) is 6.42 Å². The third-order valence-corrected chi connectivity index (χ3v) is 3.76. The van der Waals surface area contributed by atoms with Crippen LogP contribution in [0.25, 0.3) is 0 Å². The third-order valence-electron chi connectivity index (χ3n) is 1.51. The SMILES string of the molecule is NS(=O)(=O)CCNS(=O)(=O)CCCC(=O)O. The van der Waals surface area contributed by atoms with Crippen LogP contribution in [0.2, 0.25) is 0 Å². The normalized spacial score (nSPS) is 12.6. The molecule has 16 heavy (non-hydrogen) atoms. The maximum atomic E-state index is 11.2. The van der Waals surface area contributed by atoms with E-state index in [9.17, 15) is 21.6 Å². The first-order valence-corrected chi connectivity index (χ1v) is 7.69. The van der Waals surface area contributed by atoms with E-state index in [4.69, 9.17) is 5.11 Å². The Labute approximate surface area is 93.9 Å². The number of nitrogens with one attached hydrogen (secondary N) is 1. The first-order chi connectivity index (χ1) is 7.12. The molecule has 0 heterocycles. The summed E-state index contributed by atoms with van der Waals surface area (Å²) >= 11 is 0. The van der Waals surface area contributed by atoms with E-state index < -0.39 is 31.8 Å². The number of hydrogen-bond donors (Lipinski definition) is 3. The van der Waals surface area contributed by atoms with Crippen molar-refractivity contribution in [3.63, 3.8) is 0 Å². The summed E-state index contributed by atoms with van der Waals surface area (Å²) in [6.45, 7) is -0.311. The van der Waals surface area contributed by atoms with Crippen molar-refractivity contribution in [2.24, 2.45) is 5.14 Å². The quantitative estimate of drug-likeness (QED) is 0.469. The van der Waals surface area contributed by atoms with Crippen LogP contribution in [0.3, 0.4) is 0 Å². The molecular weight excluding hydrogens is 260 g/mol. The second kappa shape index (κ2) is 6.13. The fraction of sp³-hybridized carbons (Fsp3) is 0.833. The Hall–Kier alpha value is -0.710. The molecule has 0 saturated heterocycles. The van der Waals surface area contributed by atoms with Gasteiger partial charge in [-0.2, -0.15) is 0 Å². The van der Waals surface area contributed by atoms with E-state index in [0.717, 1.165) is 0 Å². The summed E-state index contributed by atoms with van der Waals surface area (Å²) in [5.41, 5.74) is 0. The van der Waals surface area contributed by atoms with Crippen LogP contribution >= 0.6 is 0 Å². The van der Waals surface area contributed by atoms with Crippen LogP contribution in [-0.4, -0.2) is 46.0 Å². The van der Waals surface area contributed by atoms with E-state index in [0.29, 0.717) is 0 Å². The number of carboxylic acids is 1. The van der Waals surface area contributed by atoms with E-state index in [1.165, 1.54) is 0 Å². The highest BCUT2D eigenvalue weighted by molar-refractivity contribution is 7.90. The number of nitrogens with two attached hydrogens (primary N) is 1. The van der Waals surface area contributed by atoms with Crippen LogP contribution in [-0.2, 0) is 24.8 Å². The van der Waals surface area contributed by atoms with Crippen molar-refractivity contribution < 1.29 is 26.7 Å². The van der Waals surface area contributed by atoms with Crippen LogP contribution in [0.15, 0.2) is 0 Å². The summed E-state index contributed by atoms with van der Waals surface area (Å²) in [4.78, 5) is 10.1. The van der Waals surface area contributed by atoms with Crippen molar-refractivity contribution in [1.29, 1.82) is 0 Å². The first-order valence-electron chi connectivity index (χ1n) is 4.32. The summed E-state index contributed by atoms with van der Waals surface area (Å²) in [5.74, 6) is -1.94. The van der Waals surface area contributed by atoms with Gasteiger partial charge in [0.1, 0.15) is 0 Å². The molecule has 0 spiro atoms. The minimum atomic E-state index is -3.70. The van der Waals surface area contributed by atoms with E-state index in [-0.39, 0.29) is 25.1 Å². The third kappa shape index (κ3) is 9.83. The molecule has 0 radical (unpaired) electrons. The second-order valence-corrected chi connectivity index (χ2v) is 6.74. The molecule has 0 aliphatic heterocycles. The molecule has 96 valence electrons. The molecule has 0 atom stereocenters. The highest BCUT2D eigenvalue weighted by atomic mass is 32.2. The zero-order valence-corrected chi connectivity index (χ0v) is 10.1. The molecule has 0 aromatic carbocycles. The molecule has 0 amide bonds. The fourth-order valence-electron chi connectivity index (χ4n) is 0.825. The zero-order chi connectivity index (χ0) is 12.8. The second-order valence-electron chi connectivity index (χ2n) is 3.08. The number of carboxylic acid groups (broad SMARTS) is 1. The number of sulfonamides is 2. The smallest absolute Gasteiger partial charge is 0.303 e. The first kappa shape index (κ1) is 15.3. The van der Waals surface area contributed by atoms with Gasteiger partial charge in [0.05, 0.1) is 11.5 Å². The molecule has 4 N–H and O–H groups in total. The van der Waals surface area contributed by atoms with Crippen molar-refractivity contribution in [2.45, 2.75) is 12.8 Å². The predicted octanol–water partition coefficient (Wildman–Crippen LogP) is -1.94. The van der Waals surface area contributed by atoms with E-state index >= 15 is 0 Å². The lowest BCUT2D eigenvalue weighted by molar-refractivity contribution is -0.137. The van der Waals surface area contributed by atoms with Crippen molar-refractivity contribution in [3.05, 3.63) is 0 Å². The highest BCUT2D eigenvalue weighted by Crippen LogP contribution is 1.94. The van der Waals surface area contributed by atoms with E-state index in [2.05, 4.69) is 5.14 Å². The Morgan fingerprint density at radius 3 is 2.19 bits per heavy atom. The predicted molar refractivity (Wildman–Crippen MR) is 56.6 cm³/mol. The average molecular weight is 274 g/mol. The Kier molecular flexibility index (Phi) is 5.86. The molecule has 0 aliphatic rings. The molecule has 0 saturated carbocycles. The van der Waals surface area contributed by atoms with Gasteiger partial charge in [0.15, 0.2) is 0 Å². The molecule has 0 fully saturated rings. The molecule has 8 nitrogen and oxygen atoms in total. The molecule has 0 bridgehead atoms. The van der Waals surface area contributed by atoms with Crippen molar-refractivity contribution in [2.75, 3.05) is 18.1 Å². The summed E-state index contributed by atoms with van der Waals surface area (Å²) in [6.07, 6.45) is -0.282. The number of hydrogen-bond acceptors (Lipinski definition) is 5. The molecule has 0 aromatic rings. The van der Waals surface area contributed by atoms with Gasteiger partial charge in [-0.25, -0.2) is 26.7 Å². The van der Waals surface area contributed by atoms with E-state index in [1.54, 1.807) is 0 Å². The number of primary sulfonamides is 1. The molecule has 0 rings (SSSR count). The lowest BCUT2D eigenvalue weighted by atomic mass is 10.3. The standard InChI is InChI=1S/C6H14N2O6S2/c7-15(11,12)5-3-8-16(13,14)4-1-2-6(9)10/h8H,1-5H2,(H,9,10)(H2,7,11,12). The van der Waals surface area contributed by atoms with Crippen molar-refractivity contribution >= 4 is 26.0 Å². The van der Waals surface area contributed by atoms with Crippen molar-refractivity contribution in [3.8, 4) is 0 Å². The van der Waals surface area contributed by atoms with Gasteiger partial charge in [-0.1, -0.05) is 0 Å². The summed E-state index contributed by atoms with van der Waals surface area (Å²) in [6, 6.07) is 0. The molecular formula is C6H14N2O6S2. The monoisotopic (exact) mass is 274 g/mol. The van der Waals surface area contributed by atoms with Gasteiger partial charge in [0, 0.05) is 13.0 Å². The van der Waals surface area contributed by atoms with Crippen LogP contribution in [0.1, 0.15) is 12.8 Å². The van der Waals surface area contributed by atoms with Gasteiger partial charge in [0.25, 0.3) is 0 Å². The van der Waals surface area contributed by atoms with Crippen molar-refractivity contribution in [1.82, 2.24) is 4.72 Å². The summed E-state index contributed by atoms with van der Waals surface area (Å²) in [7, 11) is -7.33. The number of rotatable bonds is 8.